The van der Waals surface area contributed by atoms with E-state index in [1.807, 2.05) is 23.5 Å². The highest BCUT2D eigenvalue weighted by Crippen LogP contribution is 2.21. The second-order valence-electron chi connectivity index (χ2n) is 4.49. The van der Waals surface area contributed by atoms with Crippen molar-refractivity contribution in [2.24, 2.45) is 0 Å². The van der Waals surface area contributed by atoms with Gasteiger partial charge >= 0.3 is 5.97 Å². The van der Waals surface area contributed by atoms with Gasteiger partial charge in [0.05, 0.1) is 6.42 Å². The van der Waals surface area contributed by atoms with Gasteiger partial charge in [0.15, 0.2) is 0 Å². The highest BCUT2D eigenvalue weighted by Gasteiger charge is 2.05. The van der Waals surface area contributed by atoms with Crippen LogP contribution in [0.3, 0.4) is 0 Å². The Bertz CT molecular complexity index is 552. The molecular formula is C14H17NO2S2. The summed E-state index contributed by atoms with van der Waals surface area (Å²) < 4.78 is 0. The molecule has 0 fully saturated rings. The summed E-state index contributed by atoms with van der Waals surface area (Å²) in [7, 11) is 0. The molecule has 2 heterocycles. The monoisotopic (exact) mass is 295 g/mol. The third kappa shape index (κ3) is 4.16. The van der Waals surface area contributed by atoms with E-state index in [4.69, 9.17) is 5.11 Å². The van der Waals surface area contributed by atoms with Gasteiger partial charge in [-0.1, -0.05) is 0 Å². The van der Waals surface area contributed by atoms with Crippen molar-refractivity contribution in [3.63, 3.8) is 0 Å². The molecule has 5 heteroatoms. The maximum atomic E-state index is 10.6. The number of carboxylic acid groups (broad SMARTS) is 1. The molecule has 2 N–H and O–H groups in total. The fourth-order valence-corrected chi connectivity index (χ4v) is 3.81. The van der Waals surface area contributed by atoms with Crippen molar-refractivity contribution in [1.29, 1.82) is 0 Å². The van der Waals surface area contributed by atoms with Gasteiger partial charge in [0.25, 0.3) is 0 Å². The average molecular weight is 295 g/mol. The molecule has 0 aromatic carbocycles. The summed E-state index contributed by atoms with van der Waals surface area (Å²) >= 11 is 3.39. The Morgan fingerprint density at radius 2 is 1.84 bits per heavy atom. The Balaban J connectivity index is 1.82. The van der Waals surface area contributed by atoms with Gasteiger partial charge in [-0.25, -0.2) is 0 Å². The molecule has 0 aliphatic heterocycles. The molecule has 0 spiro atoms. The summed E-state index contributed by atoms with van der Waals surface area (Å²) in [6, 6.07) is 6.12. The highest BCUT2D eigenvalue weighted by atomic mass is 32.1. The summed E-state index contributed by atoms with van der Waals surface area (Å²) in [6.45, 7) is 5.93. The summed E-state index contributed by atoms with van der Waals surface area (Å²) in [5.41, 5.74) is 1.35. The molecular weight excluding hydrogens is 278 g/mol. The first-order chi connectivity index (χ1) is 9.04. The van der Waals surface area contributed by atoms with E-state index < -0.39 is 5.97 Å². The molecule has 19 heavy (non-hydrogen) atoms. The largest absolute Gasteiger partial charge is 0.481 e. The molecule has 0 aliphatic carbocycles. The average Bonchev–Trinajstić information content (AvgIpc) is 2.87. The number of aliphatic carboxylic acids is 1. The normalized spacial score (nSPS) is 10.8. The SMILES string of the molecule is Cc1cc(CNCc2ccc(CC(=O)O)s2)sc1C. The Labute approximate surface area is 120 Å². The van der Waals surface area contributed by atoms with Crippen molar-refractivity contribution >= 4 is 28.6 Å². The van der Waals surface area contributed by atoms with E-state index >= 15 is 0 Å². The van der Waals surface area contributed by atoms with E-state index in [1.54, 1.807) is 11.3 Å². The quantitative estimate of drug-likeness (QED) is 0.859. The standard InChI is InChI=1S/C14H17NO2S2/c1-9-5-13(18-10(9)2)8-15-7-12-4-3-11(19-12)6-14(16)17/h3-5,15H,6-8H2,1-2H3,(H,16,17). The Morgan fingerprint density at radius 3 is 2.47 bits per heavy atom. The van der Waals surface area contributed by atoms with Crippen LogP contribution in [0.5, 0.6) is 0 Å². The third-order valence-electron chi connectivity index (χ3n) is 2.86. The van der Waals surface area contributed by atoms with Crippen LogP contribution in [0, 0.1) is 13.8 Å². The van der Waals surface area contributed by atoms with Gasteiger partial charge in [-0.15, -0.1) is 22.7 Å². The minimum Gasteiger partial charge on any atom is -0.481 e. The van der Waals surface area contributed by atoms with Gasteiger partial charge in [-0.2, -0.15) is 0 Å². The molecule has 3 nitrogen and oxygen atoms in total. The van der Waals surface area contributed by atoms with Crippen molar-refractivity contribution in [1.82, 2.24) is 5.32 Å². The van der Waals surface area contributed by atoms with Crippen LogP contribution in [0.2, 0.25) is 0 Å². The molecule has 0 bridgehead atoms. The molecule has 0 unspecified atom stereocenters. The number of nitrogens with one attached hydrogen (secondary N) is 1. The Hall–Kier alpha value is -1.17. The summed E-state index contributed by atoms with van der Waals surface area (Å²) in [4.78, 5) is 15.4. The minimum absolute atomic E-state index is 0.119. The van der Waals surface area contributed by atoms with Crippen LogP contribution in [0.1, 0.15) is 25.1 Å². The fourth-order valence-electron chi connectivity index (χ4n) is 1.81. The number of carbonyl (C=O) groups is 1. The number of thiophene rings is 2. The number of aryl methyl sites for hydroxylation is 2. The number of rotatable bonds is 6. The second kappa shape index (κ2) is 6.32. The molecule has 2 aromatic heterocycles. The van der Waals surface area contributed by atoms with Crippen LogP contribution in [-0.4, -0.2) is 11.1 Å². The zero-order valence-electron chi connectivity index (χ0n) is 11.0. The number of hydrogen-bond acceptors (Lipinski definition) is 4. The van der Waals surface area contributed by atoms with Gasteiger partial charge < -0.3 is 10.4 Å². The van der Waals surface area contributed by atoms with Crippen molar-refractivity contribution in [2.75, 3.05) is 0 Å². The molecule has 2 rings (SSSR count). The topological polar surface area (TPSA) is 49.3 Å². The third-order valence-corrected chi connectivity index (χ3v) is 5.10. The predicted octanol–water partition coefficient (Wildman–Crippen LogP) is 3.34. The lowest BCUT2D eigenvalue weighted by Crippen LogP contribution is -2.10. The van der Waals surface area contributed by atoms with Gasteiger partial charge in [-0.05, 0) is 37.6 Å². The molecule has 0 saturated carbocycles. The van der Waals surface area contributed by atoms with E-state index in [0.717, 1.165) is 18.0 Å². The maximum absolute atomic E-state index is 10.6. The lowest BCUT2D eigenvalue weighted by Gasteiger charge is -2.00. The van der Waals surface area contributed by atoms with Gasteiger partial charge in [0.1, 0.15) is 0 Å². The fraction of sp³-hybridized carbons (Fsp3) is 0.357. The van der Waals surface area contributed by atoms with Gasteiger partial charge in [0.2, 0.25) is 0 Å². The van der Waals surface area contributed by atoms with E-state index in [0.29, 0.717) is 0 Å². The highest BCUT2D eigenvalue weighted by molar-refractivity contribution is 7.12. The number of hydrogen-bond donors (Lipinski definition) is 2. The van der Waals surface area contributed by atoms with Gasteiger partial charge in [-0.3, -0.25) is 4.79 Å². The first-order valence-corrected chi connectivity index (χ1v) is 7.74. The van der Waals surface area contributed by atoms with E-state index in [1.165, 1.54) is 20.2 Å². The maximum Gasteiger partial charge on any atom is 0.308 e. The van der Waals surface area contributed by atoms with Crippen molar-refractivity contribution in [2.45, 2.75) is 33.4 Å². The van der Waals surface area contributed by atoms with Crippen LogP contribution in [-0.2, 0) is 24.3 Å². The van der Waals surface area contributed by atoms with Crippen molar-refractivity contribution < 1.29 is 9.90 Å². The molecule has 2 aromatic rings. The lowest BCUT2D eigenvalue weighted by atomic mass is 10.3. The van der Waals surface area contributed by atoms with Crippen LogP contribution in [0.4, 0.5) is 0 Å². The molecule has 0 saturated heterocycles. The second-order valence-corrected chi connectivity index (χ2v) is 7.09. The molecule has 0 aliphatic rings. The predicted molar refractivity (Wildman–Crippen MR) is 80.0 cm³/mol. The molecule has 0 atom stereocenters. The molecule has 0 radical (unpaired) electrons. The smallest absolute Gasteiger partial charge is 0.308 e. The first-order valence-electron chi connectivity index (χ1n) is 6.10. The Kier molecular flexibility index (Phi) is 4.74. The summed E-state index contributed by atoms with van der Waals surface area (Å²) in [5, 5.41) is 12.1. The van der Waals surface area contributed by atoms with E-state index in [9.17, 15) is 4.79 Å². The molecule has 102 valence electrons. The van der Waals surface area contributed by atoms with Crippen LogP contribution >= 0.6 is 22.7 Å². The lowest BCUT2D eigenvalue weighted by molar-refractivity contribution is -0.136. The van der Waals surface area contributed by atoms with Crippen molar-refractivity contribution in [3.05, 3.63) is 43.3 Å². The minimum atomic E-state index is -0.772. The van der Waals surface area contributed by atoms with Crippen LogP contribution in [0.25, 0.3) is 0 Å². The summed E-state index contributed by atoms with van der Waals surface area (Å²) in [5.74, 6) is -0.772. The number of carboxylic acids is 1. The summed E-state index contributed by atoms with van der Waals surface area (Å²) in [6.07, 6.45) is 0.119. The van der Waals surface area contributed by atoms with E-state index in [2.05, 4.69) is 25.2 Å². The van der Waals surface area contributed by atoms with E-state index in [-0.39, 0.29) is 6.42 Å². The van der Waals surface area contributed by atoms with Crippen LogP contribution < -0.4 is 5.32 Å². The zero-order chi connectivity index (χ0) is 13.8. The van der Waals surface area contributed by atoms with Crippen molar-refractivity contribution in [3.8, 4) is 0 Å². The first kappa shape index (κ1) is 14.2. The Morgan fingerprint density at radius 1 is 1.16 bits per heavy atom. The van der Waals surface area contributed by atoms with Crippen LogP contribution in [0.15, 0.2) is 18.2 Å². The van der Waals surface area contributed by atoms with Gasteiger partial charge in [0, 0.05) is 32.6 Å². The zero-order valence-corrected chi connectivity index (χ0v) is 12.7. The molecule has 0 amide bonds.